The van der Waals surface area contributed by atoms with Gasteiger partial charge in [0.2, 0.25) is 0 Å². The molecule has 1 unspecified atom stereocenters. The minimum Gasteiger partial charge on any atom is -0.480 e. The lowest BCUT2D eigenvalue weighted by Gasteiger charge is -2.36. The van der Waals surface area contributed by atoms with Crippen molar-refractivity contribution in [1.82, 2.24) is 4.90 Å². The molecule has 2 aliphatic heterocycles. The Bertz CT molecular complexity index is 241. The van der Waals surface area contributed by atoms with Crippen LogP contribution < -0.4 is 0 Å². The monoisotopic (exact) mass is 243 g/mol. The number of aliphatic carboxylic acids is 1. The molecule has 0 aromatic rings. The fraction of sp³-hybridized carbons (Fsp3) is 0.917. The molecule has 0 bridgehead atoms. The predicted molar refractivity (Wildman–Crippen MR) is 66.9 cm³/mol. The van der Waals surface area contributed by atoms with Gasteiger partial charge in [-0.2, -0.15) is 11.8 Å². The number of nitrogens with zero attached hydrogens (tertiary/aromatic N) is 1. The number of hydrogen-bond donors (Lipinski definition) is 1. The molecule has 92 valence electrons. The van der Waals surface area contributed by atoms with Gasteiger partial charge in [-0.15, -0.1) is 0 Å². The van der Waals surface area contributed by atoms with Crippen molar-refractivity contribution in [1.29, 1.82) is 0 Å². The summed E-state index contributed by atoms with van der Waals surface area (Å²) in [5.41, 5.74) is 0. The maximum atomic E-state index is 11.3. The fourth-order valence-corrected chi connectivity index (χ4v) is 3.93. The molecule has 1 N–H and O–H groups in total. The van der Waals surface area contributed by atoms with Gasteiger partial charge in [0.25, 0.3) is 0 Å². The van der Waals surface area contributed by atoms with Gasteiger partial charge < -0.3 is 5.11 Å². The maximum absolute atomic E-state index is 11.3. The van der Waals surface area contributed by atoms with E-state index in [1.165, 1.54) is 37.2 Å². The zero-order valence-corrected chi connectivity index (χ0v) is 10.5. The van der Waals surface area contributed by atoms with E-state index in [9.17, 15) is 9.90 Å². The van der Waals surface area contributed by atoms with E-state index in [1.54, 1.807) is 0 Å². The van der Waals surface area contributed by atoms with Crippen molar-refractivity contribution in [3.8, 4) is 0 Å². The molecule has 1 atom stereocenters. The molecule has 2 fully saturated rings. The van der Waals surface area contributed by atoms with Gasteiger partial charge in [-0.1, -0.05) is 12.8 Å². The Morgan fingerprint density at radius 3 is 2.56 bits per heavy atom. The summed E-state index contributed by atoms with van der Waals surface area (Å²) in [6, 6.07) is 0.316. The standard InChI is InChI=1S/C12H21NO2S/c14-12(15)11-4-2-1-3-7-13(11)10-5-8-16-9-6-10/h10-11H,1-9H2,(H,14,15). The van der Waals surface area contributed by atoms with Crippen LogP contribution in [0.1, 0.15) is 38.5 Å². The second-order valence-corrected chi connectivity index (χ2v) is 6.01. The first-order valence-corrected chi connectivity index (χ1v) is 7.51. The van der Waals surface area contributed by atoms with E-state index in [4.69, 9.17) is 0 Å². The molecule has 0 aromatic carbocycles. The van der Waals surface area contributed by atoms with Gasteiger partial charge in [0, 0.05) is 6.04 Å². The van der Waals surface area contributed by atoms with Crippen LogP contribution in [0.15, 0.2) is 0 Å². The molecular weight excluding hydrogens is 222 g/mol. The Kier molecular flexibility index (Phi) is 4.53. The Balaban J connectivity index is 2.03. The highest BCUT2D eigenvalue weighted by atomic mass is 32.2. The smallest absolute Gasteiger partial charge is 0.320 e. The van der Waals surface area contributed by atoms with E-state index in [-0.39, 0.29) is 6.04 Å². The lowest BCUT2D eigenvalue weighted by Crippen LogP contribution is -2.48. The summed E-state index contributed by atoms with van der Waals surface area (Å²) in [6.45, 7) is 0.992. The molecule has 0 aliphatic carbocycles. The van der Waals surface area contributed by atoms with Crippen LogP contribution in [-0.4, -0.2) is 46.1 Å². The number of carbonyl (C=O) groups is 1. The Morgan fingerprint density at radius 2 is 1.88 bits per heavy atom. The average molecular weight is 243 g/mol. The van der Waals surface area contributed by atoms with E-state index < -0.39 is 5.97 Å². The van der Waals surface area contributed by atoms with Gasteiger partial charge in [-0.25, -0.2) is 0 Å². The summed E-state index contributed by atoms with van der Waals surface area (Å²) in [5.74, 6) is 1.79. The van der Waals surface area contributed by atoms with Gasteiger partial charge >= 0.3 is 5.97 Å². The summed E-state index contributed by atoms with van der Waals surface area (Å²) >= 11 is 2.00. The molecular formula is C12H21NO2S. The second kappa shape index (κ2) is 5.92. The first-order valence-electron chi connectivity index (χ1n) is 6.35. The van der Waals surface area contributed by atoms with E-state index >= 15 is 0 Å². The molecule has 4 heteroatoms. The first-order chi connectivity index (χ1) is 7.79. The average Bonchev–Trinajstić information content (AvgIpc) is 2.55. The van der Waals surface area contributed by atoms with E-state index in [2.05, 4.69) is 4.90 Å². The SMILES string of the molecule is O=C(O)C1CCCCCN1C1CCSCC1. The third-order valence-electron chi connectivity index (χ3n) is 3.74. The third-order valence-corrected chi connectivity index (χ3v) is 4.79. The van der Waals surface area contributed by atoms with Gasteiger partial charge in [-0.05, 0) is 43.7 Å². The van der Waals surface area contributed by atoms with Crippen LogP contribution >= 0.6 is 11.8 Å². The second-order valence-electron chi connectivity index (χ2n) is 4.78. The zero-order valence-electron chi connectivity index (χ0n) is 9.73. The quantitative estimate of drug-likeness (QED) is 0.807. The van der Waals surface area contributed by atoms with Crippen LogP contribution in [0.4, 0.5) is 0 Å². The highest BCUT2D eigenvalue weighted by molar-refractivity contribution is 7.99. The summed E-state index contributed by atoms with van der Waals surface area (Å²) < 4.78 is 0. The molecule has 3 nitrogen and oxygen atoms in total. The van der Waals surface area contributed by atoms with Crippen molar-refractivity contribution in [2.45, 2.75) is 50.6 Å². The predicted octanol–water partition coefficient (Wildman–Crippen LogP) is 2.21. The number of hydrogen-bond acceptors (Lipinski definition) is 3. The van der Waals surface area contributed by atoms with Crippen molar-refractivity contribution in [2.75, 3.05) is 18.1 Å². The van der Waals surface area contributed by atoms with E-state index in [1.807, 2.05) is 11.8 Å². The van der Waals surface area contributed by atoms with Crippen molar-refractivity contribution in [3.05, 3.63) is 0 Å². The van der Waals surface area contributed by atoms with Gasteiger partial charge in [-0.3, -0.25) is 9.69 Å². The highest BCUT2D eigenvalue weighted by Crippen LogP contribution is 2.27. The van der Waals surface area contributed by atoms with Crippen LogP contribution in [0.2, 0.25) is 0 Å². The van der Waals surface area contributed by atoms with Crippen LogP contribution in [0, 0.1) is 0 Å². The number of rotatable bonds is 2. The number of thioether (sulfide) groups is 1. The third kappa shape index (κ3) is 2.92. The lowest BCUT2D eigenvalue weighted by molar-refractivity contribution is -0.144. The van der Waals surface area contributed by atoms with Crippen LogP contribution in [0.5, 0.6) is 0 Å². The Labute approximate surface area is 102 Å². The maximum Gasteiger partial charge on any atom is 0.320 e. The molecule has 2 heterocycles. The van der Waals surface area contributed by atoms with Crippen LogP contribution in [0.25, 0.3) is 0 Å². The van der Waals surface area contributed by atoms with Gasteiger partial charge in [0.1, 0.15) is 6.04 Å². The molecule has 0 saturated carbocycles. The van der Waals surface area contributed by atoms with Crippen molar-refractivity contribution in [2.24, 2.45) is 0 Å². The van der Waals surface area contributed by atoms with Gasteiger partial charge in [0.15, 0.2) is 0 Å². The van der Waals surface area contributed by atoms with Crippen LogP contribution in [-0.2, 0) is 4.79 Å². The number of carboxylic acid groups (broad SMARTS) is 1. The van der Waals surface area contributed by atoms with Crippen molar-refractivity contribution in [3.63, 3.8) is 0 Å². The topological polar surface area (TPSA) is 40.5 Å². The molecule has 16 heavy (non-hydrogen) atoms. The van der Waals surface area contributed by atoms with Crippen LogP contribution in [0.3, 0.4) is 0 Å². The largest absolute Gasteiger partial charge is 0.480 e. The summed E-state index contributed by atoms with van der Waals surface area (Å²) in [7, 11) is 0. The van der Waals surface area contributed by atoms with E-state index in [0.29, 0.717) is 6.04 Å². The molecule has 0 amide bonds. The Morgan fingerprint density at radius 1 is 1.12 bits per heavy atom. The normalized spacial score (nSPS) is 29.9. The summed E-state index contributed by atoms with van der Waals surface area (Å²) in [6.07, 6.45) is 6.64. The number of likely N-dealkylation sites (tertiary alicyclic amines) is 1. The molecule has 2 rings (SSSR count). The number of carboxylic acids is 1. The van der Waals surface area contributed by atoms with Crippen molar-refractivity contribution < 1.29 is 9.90 Å². The molecule has 2 saturated heterocycles. The molecule has 0 radical (unpaired) electrons. The molecule has 2 aliphatic rings. The fourth-order valence-electron chi connectivity index (χ4n) is 2.85. The highest BCUT2D eigenvalue weighted by Gasteiger charge is 2.32. The summed E-state index contributed by atoms with van der Waals surface area (Å²) in [4.78, 5) is 13.6. The Hall–Kier alpha value is -0.220. The minimum absolute atomic E-state index is 0.212. The van der Waals surface area contributed by atoms with Crippen molar-refractivity contribution >= 4 is 17.7 Å². The first kappa shape index (κ1) is 12.2. The minimum atomic E-state index is -0.611. The molecule has 0 spiro atoms. The molecule has 0 aromatic heterocycles. The summed E-state index contributed by atoms with van der Waals surface area (Å²) in [5, 5.41) is 9.32. The lowest BCUT2D eigenvalue weighted by atomic mass is 10.0. The zero-order chi connectivity index (χ0) is 11.4. The van der Waals surface area contributed by atoms with Gasteiger partial charge in [0.05, 0.1) is 0 Å². The van der Waals surface area contributed by atoms with E-state index in [0.717, 1.165) is 19.4 Å².